The minimum absolute atomic E-state index is 0.0389. The minimum atomic E-state index is -0.912. The number of nitrogens with one attached hydrogen (secondary N) is 1. The van der Waals surface area contributed by atoms with Gasteiger partial charge in [-0.25, -0.2) is 13.3 Å². The van der Waals surface area contributed by atoms with E-state index in [9.17, 15) is 8.78 Å². The van der Waals surface area contributed by atoms with E-state index in [1.807, 2.05) is 6.07 Å². The zero-order chi connectivity index (χ0) is 18.0. The molecule has 0 amide bonds. The third-order valence-electron chi connectivity index (χ3n) is 3.80. The van der Waals surface area contributed by atoms with Crippen molar-refractivity contribution in [3.05, 3.63) is 57.7 Å². The number of nitrogens with zero attached hydrogens (tertiary/aromatic N) is 3. The maximum absolute atomic E-state index is 13.1. The summed E-state index contributed by atoms with van der Waals surface area (Å²) in [7, 11) is 0. The summed E-state index contributed by atoms with van der Waals surface area (Å²) in [6.45, 7) is 1.94. The molecule has 0 spiro atoms. The summed E-state index contributed by atoms with van der Waals surface area (Å²) in [6.07, 6.45) is -0.0461. The van der Waals surface area contributed by atoms with E-state index in [2.05, 4.69) is 15.4 Å². The van der Waals surface area contributed by atoms with Crippen molar-refractivity contribution in [2.24, 2.45) is 0 Å². The van der Waals surface area contributed by atoms with Crippen LogP contribution >= 0.6 is 23.2 Å². The van der Waals surface area contributed by atoms with E-state index in [0.29, 0.717) is 35.9 Å². The molecule has 3 rings (SSSR count). The molecule has 1 unspecified atom stereocenters. The number of aryl methyl sites for hydroxylation is 1. The van der Waals surface area contributed by atoms with Crippen LogP contribution in [-0.4, -0.2) is 20.8 Å². The normalized spacial score (nSPS) is 12.5. The van der Waals surface area contributed by atoms with E-state index in [1.54, 1.807) is 12.1 Å². The fourth-order valence-corrected chi connectivity index (χ4v) is 2.93. The fraction of sp³-hybridized carbons (Fsp3) is 0.294. The van der Waals surface area contributed by atoms with Gasteiger partial charge in [0.05, 0.1) is 6.17 Å². The zero-order valence-electron chi connectivity index (χ0n) is 13.4. The number of aromatic nitrogens is 3. The molecule has 4 nitrogen and oxygen atoms in total. The summed E-state index contributed by atoms with van der Waals surface area (Å²) in [6, 6.07) is 7.98. The molecule has 1 atom stereocenters. The molecule has 132 valence electrons. The van der Waals surface area contributed by atoms with Gasteiger partial charge in [0.15, 0.2) is 5.82 Å². The summed E-state index contributed by atoms with van der Waals surface area (Å²) < 4.78 is 27.6. The Morgan fingerprint density at radius 1 is 1.24 bits per heavy atom. The molecule has 0 fully saturated rings. The molecule has 2 heterocycles. The van der Waals surface area contributed by atoms with Crippen LogP contribution in [0.25, 0.3) is 5.52 Å². The average Bonchev–Trinajstić information content (AvgIpc) is 2.88. The van der Waals surface area contributed by atoms with Crippen LogP contribution in [0.5, 0.6) is 0 Å². The number of anilines is 1. The lowest BCUT2D eigenvalue weighted by Crippen LogP contribution is -2.05. The molecular weight excluding hydrogens is 369 g/mol. The standard InChI is InChI=1S/C17H16Cl2F2N4/c1-10(20)2-5-12-8-14-16(23-17(19)24-25(14)15(12)18)22-9-11-3-6-13(21)7-4-11/h3-4,6-8,10H,2,5,9H2,1H3,(H,22,23,24). The first-order valence-corrected chi connectivity index (χ1v) is 8.55. The van der Waals surface area contributed by atoms with E-state index in [-0.39, 0.29) is 11.1 Å². The number of hydrogen-bond donors (Lipinski definition) is 1. The van der Waals surface area contributed by atoms with Crippen LogP contribution in [0.1, 0.15) is 24.5 Å². The predicted octanol–water partition coefficient (Wildman–Crippen LogP) is 5.08. The lowest BCUT2D eigenvalue weighted by molar-refractivity contribution is 0.341. The molecule has 1 aromatic carbocycles. The predicted molar refractivity (Wildman–Crippen MR) is 95.6 cm³/mol. The van der Waals surface area contributed by atoms with Crippen LogP contribution in [0.3, 0.4) is 0 Å². The number of halogens is 4. The second-order valence-corrected chi connectivity index (χ2v) is 6.48. The van der Waals surface area contributed by atoms with Crippen molar-refractivity contribution < 1.29 is 8.78 Å². The lowest BCUT2D eigenvalue weighted by Gasteiger charge is -2.08. The molecule has 25 heavy (non-hydrogen) atoms. The van der Waals surface area contributed by atoms with Crippen molar-refractivity contribution in [1.29, 1.82) is 0 Å². The van der Waals surface area contributed by atoms with Gasteiger partial charge in [0.2, 0.25) is 5.28 Å². The second kappa shape index (κ2) is 7.54. The fourth-order valence-electron chi connectivity index (χ4n) is 2.50. The minimum Gasteiger partial charge on any atom is -0.364 e. The van der Waals surface area contributed by atoms with Crippen molar-refractivity contribution in [2.45, 2.75) is 32.5 Å². The molecule has 0 aliphatic rings. The van der Waals surface area contributed by atoms with Gasteiger partial charge < -0.3 is 5.32 Å². The molecular formula is C17H16Cl2F2N4. The molecule has 0 aliphatic heterocycles. The highest BCUT2D eigenvalue weighted by Gasteiger charge is 2.15. The van der Waals surface area contributed by atoms with Crippen LogP contribution in [0.15, 0.2) is 30.3 Å². The Bertz CT molecular complexity index is 878. The van der Waals surface area contributed by atoms with Crippen LogP contribution in [0, 0.1) is 5.82 Å². The van der Waals surface area contributed by atoms with Gasteiger partial charge in [-0.2, -0.15) is 4.98 Å². The lowest BCUT2D eigenvalue weighted by atomic mass is 10.1. The summed E-state index contributed by atoms with van der Waals surface area (Å²) in [4.78, 5) is 4.20. The Labute approximate surface area is 153 Å². The van der Waals surface area contributed by atoms with Gasteiger partial charge in [-0.3, -0.25) is 0 Å². The summed E-state index contributed by atoms with van der Waals surface area (Å²) >= 11 is 12.3. The highest BCUT2D eigenvalue weighted by molar-refractivity contribution is 6.31. The highest BCUT2D eigenvalue weighted by Crippen LogP contribution is 2.27. The second-order valence-electron chi connectivity index (χ2n) is 5.79. The molecule has 1 N–H and O–H groups in total. The molecule has 8 heteroatoms. The van der Waals surface area contributed by atoms with Gasteiger partial charge in [-0.1, -0.05) is 23.7 Å². The first-order chi connectivity index (χ1) is 11.9. The van der Waals surface area contributed by atoms with Crippen LogP contribution in [0.2, 0.25) is 10.4 Å². The van der Waals surface area contributed by atoms with Crippen molar-refractivity contribution >= 4 is 34.5 Å². The maximum Gasteiger partial charge on any atom is 0.243 e. The van der Waals surface area contributed by atoms with Crippen molar-refractivity contribution in [2.75, 3.05) is 5.32 Å². The Morgan fingerprint density at radius 3 is 2.64 bits per heavy atom. The number of hydrogen-bond acceptors (Lipinski definition) is 3. The Kier molecular flexibility index (Phi) is 5.39. The first-order valence-electron chi connectivity index (χ1n) is 7.80. The Balaban J connectivity index is 1.88. The van der Waals surface area contributed by atoms with E-state index in [0.717, 1.165) is 11.1 Å². The third-order valence-corrected chi connectivity index (χ3v) is 4.37. The van der Waals surface area contributed by atoms with Crippen molar-refractivity contribution in [1.82, 2.24) is 14.6 Å². The molecule has 3 aromatic rings. The number of benzene rings is 1. The SMILES string of the molecule is CC(F)CCc1cc2c(NCc3ccc(F)cc3)nc(Cl)nn2c1Cl. The van der Waals surface area contributed by atoms with Crippen LogP contribution < -0.4 is 5.32 Å². The van der Waals surface area contributed by atoms with Crippen molar-refractivity contribution in [3.8, 4) is 0 Å². The van der Waals surface area contributed by atoms with Gasteiger partial charge in [0, 0.05) is 6.54 Å². The van der Waals surface area contributed by atoms with Gasteiger partial charge in [-0.05, 0) is 60.7 Å². The summed E-state index contributed by atoms with van der Waals surface area (Å²) in [5.74, 6) is 0.215. The number of rotatable bonds is 6. The Morgan fingerprint density at radius 2 is 1.96 bits per heavy atom. The number of alkyl halides is 1. The number of fused-ring (bicyclic) bond motifs is 1. The quantitative estimate of drug-likeness (QED) is 0.644. The van der Waals surface area contributed by atoms with Crippen LogP contribution in [-0.2, 0) is 13.0 Å². The topological polar surface area (TPSA) is 42.2 Å². The third kappa shape index (κ3) is 4.19. The zero-order valence-corrected chi connectivity index (χ0v) is 15.0. The van der Waals surface area contributed by atoms with E-state index < -0.39 is 6.17 Å². The van der Waals surface area contributed by atoms with Gasteiger partial charge in [0.25, 0.3) is 0 Å². The molecule has 0 bridgehead atoms. The van der Waals surface area contributed by atoms with Crippen molar-refractivity contribution in [3.63, 3.8) is 0 Å². The molecule has 0 radical (unpaired) electrons. The largest absolute Gasteiger partial charge is 0.364 e. The molecule has 0 saturated carbocycles. The van der Waals surface area contributed by atoms with E-state index >= 15 is 0 Å². The van der Waals surface area contributed by atoms with E-state index in [4.69, 9.17) is 23.2 Å². The van der Waals surface area contributed by atoms with E-state index in [1.165, 1.54) is 23.6 Å². The molecule has 0 aliphatic carbocycles. The summed E-state index contributed by atoms with van der Waals surface area (Å²) in [5, 5.41) is 7.70. The highest BCUT2D eigenvalue weighted by atomic mass is 35.5. The van der Waals surface area contributed by atoms with Crippen LogP contribution in [0.4, 0.5) is 14.6 Å². The monoisotopic (exact) mass is 384 g/mol. The van der Waals surface area contributed by atoms with Gasteiger partial charge >= 0.3 is 0 Å². The molecule has 0 saturated heterocycles. The smallest absolute Gasteiger partial charge is 0.243 e. The van der Waals surface area contributed by atoms with Gasteiger partial charge in [0.1, 0.15) is 16.5 Å². The molecule has 2 aromatic heterocycles. The summed E-state index contributed by atoms with van der Waals surface area (Å²) in [5.41, 5.74) is 2.32. The maximum atomic E-state index is 13.1. The van der Waals surface area contributed by atoms with Gasteiger partial charge in [-0.15, -0.1) is 5.10 Å². The Hall–Kier alpha value is -1.92. The average molecular weight is 385 g/mol. The first kappa shape index (κ1) is 17.9.